The molecule has 4 rings (SSSR count). The molecule has 0 saturated carbocycles. The lowest BCUT2D eigenvalue weighted by Crippen LogP contribution is -2.28. The minimum atomic E-state index is -0.475. The predicted molar refractivity (Wildman–Crippen MR) is 135 cm³/mol. The molecule has 0 atom stereocenters. The van der Waals surface area contributed by atoms with Gasteiger partial charge >= 0.3 is 0 Å². The van der Waals surface area contributed by atoms with Gasteiger partial charge in [0.2, 0.25) is 0 Å². The van der Waals surface area contributed by atoms with E-state index in [1.54, 1.807) is 60.7 Å². The van der Waals surface area contributed by atoms with Gasteiger partial charge in [-0.05, 0) is 48.0 Å². The predicted octanol–water partition coefficient (Wildman–Crippen LogP) is 3.33. The number of nitrogens with two attached hydrogens (primary N) is 1. The van der Waals surface area contributed by atoms with Crippen molar-refractivity contribution < 1.29 is 14.7 Å². The maximum atomic E-state index is 12.9. The normalized spacial score (nSPS) is 10.3. The van der Waals surface area contributed by atoms with E-state index in [2.05, 4.69) is 26.7 Å². The molecule has 2 amide bonds. The van der Waals surface area contributed by atoms with E-state index >= 15 is 0 Å². The van der Waals surface area contributed by atoms with E-state index in [1.165, 1.54) is 18.5 Å². The molecule has 2 heterocycles. The number of aromatic hydroxyl groups is 1. The van der Waals surface area contributed by atoms with Gasteiger partial charge in [0.1, 0.15) is 17.4 Å². The topological polar surface area (TPSA) is 154 Å². The molecule has 0 bridgehead atoms. The number of nitriles is 1. The van der Waals surface area contributed by atoms with Gasteiger partial charge in [0.15, 0.2) is 5.82 Å². The molecule has 0 aliphatic rings. The Balaban J connectivity index is 1.87. The average Bonchev–Trinajstić information content (AvgIpc) is 2.92. The van der Waals surface area contributed by atoms with Crippen LogP contribution in [-0.4, -0.2) is 40.0 Å². The fraction of sp³-hybridized carbons (Fsp3) is 0.0741. The largest absolute Gasteiger partial charge is 0.507 e. The fourth-order valence-electron chi connectivity index (χ4n) is 3.60. The molecule has 5 N–H and O–H groups in total. The van der Waals surface area contributed by atoms with Gasteiger partial charge in [-0.3, -0.25) is 14.6 Å². The highest BCUT2D eigenvalue weighted by Crippen LogP contribution is 2.35. The van der Waals surface area contributed by atoms with Crippen LogP contribution in [0.2, 0.25) is 0 Å². The van der Waals surface area contributed by atoms with Gasteiger partial charge in [-0.2, -0.15) is 5.26 Å². The van der Waals surface area contributed by atoms with E-state index in [4.69, 9.17) is 5.73 Å². The van der Waals surface area contributed by atoms with Gasteiger partial charge < -0.3 is 21.5 Å². The third kappa shape index (κ3) is 5.19. The van der Waals surface area contributed by atoms with E-state index in [9.17, 15) is 20.0 Å². The Hall–Kier alpha value is -5.07. The van der Waals surface area contributed by atoms with Crippen molar-refractivity contribution in [1.29, 1.82) is 5.26 Å². The number of carbonyl (C=O) groups excluding carboxylic acids is 2. The molecule has 0 spiro atoms. The Kier molecular flexibility index (Phi) is 7.29. The molecule has 2 aromatic carbocycles. The van der Waals surface area contributed by atoms with Crippen molar-refractivity contribution in [1.82, 2.24) is 15.3 Å². The molecule has 2 aromatic heterocycles. The summed E-state index contributed by atoms with van der Waals surface area (Å²) in [5.74, 6) is -0.770. The molecule has 9 nitrogen and oxygen atoms in total. The minimum absolute atomic E-state index is 0.0121. The number of nitrogens with zero attached hydrogens (tertiary/aromatic N) is 3. The number of anilines is 1. The van der Waals surface area contributed by atoms with Gasteiger partial charge in [0.25, 0.3) is 11.8 Å². The first-order valence-corrected chi connectivity index (χ1v) is 11.1. The summed E-state index contributed by atoms with van der Waals surface area (Å²) in [5, 5.41) is 25.9. The summed E-state index contributed by atoms with van der Waals surface area (Å²) >= 11 is 0. The molecular weight excluding hydrogens is 456 g/mol. The number of benzene rings is 2. The molecule has 0 aliphatic heterocycles. The molecular formula is C27H22N6O3. The SMILES string of the molecule is N#Cc1c(-c2cccc(C(=O)NCCN)c2)cc(-c2ccccc2O)nc1NC(=O)c1ccncc1. The zero-order valence-electron chi connectivity index (χ0n) is 19.1. The number of nitrogens with one attached hydrogen (secondary N) is 2. The highest BCUT2D eigenvalue weighted by atomic mass is 16.3. The van der Waals surface area contributed by atoms with Gasteiger partial charge in [0.05, 0.1) is 5.69 Å². The van der Waals surface area contributed by atoms with Crippen molar-refractivity contribution in [2.24, 2.45) is 5.73 Å². The van der Waals surface area contributed by atoms with E-state index in [0.717, 1.165) is 0 Å². The minimum Gasteiger partial charge on any atom is -0.507 e. The number of hydrogen-bond donors (Lipinski definition) is 4. The monoisotopic (exact) mass is 478 g/mol. The molecule has 178 valence electrons. The average molecular weight is 479 g/mol. The Morgan fingerprint density at radius 1 is 0.944 bits per heavy atom. The molecule has 0 unspecified atom stereocenters. The Morgan fingerprint density at radius 2 is 1.72 bits per heavy atom. The van der Waals surface area contributed by atoms with Crippen molar-refractivity contribution in [3.63, 3.8) is 0 Å². The molecule has 9 heteroatoms. The highest BCUT2D eigenvalue weighted by molar-refractivity contribution is 6.05. The number of aromatic nitrogens is 2. The van der Waals surface area contributed by atoms with Crippen LogP contribution in [0.5, 0.6) is 5.75 Å². The summed E-state index contributed by atoms with van der Waals surface area (Å²) in [7, 11) is 0. The van der Waals surface area contributed by atoms with Crippen LogP contribution in [0.15, 0.2) is 79.1 Å². The van der Waals surface area contributed by atoms with Gasteiger partial charge in [-0.25, -0.2) is 4.98 Å². The molecule has 0 saturated heterocycles. The lowest BCUT2D eigenvalue weighted by atomic mass is 9.96. The number of rotatable bonds is 7. The third-order valence-electron chi connectivity index (χ3n) is 5.35. The van der Waals surface area contributed by atoms with Crippen molar-refractivity contribution in [2.45, 2.75) is 0 Å². The lowest BCUT2D eigenvalue weighted by Gasteiger charge is -2.15. The quantitative estimate of drug-likeness (QED) is 0.318. The summed E-state index contributed by atoms with van der Waals surface area (Å²) in [4.78, 5) is 33.8. The van der Waals surface area contributed by atoms with E-state index in [-0.39, 0.29) is 23.0 Å². The van der Waals surface area contributed by atoms with Crippen molar-refractivity contribution >= 4 is 17.6 Å². The molecule has 36 heavy (non-hydrogen) atoms. The second kappa shape index (κ2) is 10.9. The summed E-state index contributed by atoms with van der Waals surface area (Å²) in [6, 6.07) is 20.2. The number of para-hydroxylation sites is 1. The Labute approximate surface area is 207 Å². The van der Waals surface area contributed by atoms with Crippen LogP contribution >= 0.6 is 0 Å². The number of amides is 2. The molecule has 4 aromatic rings. The van der Waals surface area contributed by atoms with Crippen molar-refractivity contribution in [3.8, 4) is 34.2 Å². The van der Waals surface area contributed by atoms with Gasteiger partial charge in [-0.1, -0.05) is 24.3 Å². The van der Waals surface area contributed by atoms with Gasteiger partial charge in [0, 0.05) is 47.7 Å². The number of phenolic OH excluding ortho intramolecular Hbond substituents is 1. The molecule has 0 fully saturated rings. The van der Waals surface area contributed by atoms with E-state index in [1.807, 2.05) is 0 Å². The number of phenols is 1. The zero-order chi connectivity index (χ0) is 25.5. The van der Waals surface area contributed by atoms with Crippen LogP contribution in [0.25, 0.3) is 22.4 Å². The third-order valence-corrected chi connectivity index (χ3v) is 5.35. The molecule has 0 radical (unpaired) electrons. The number of pyridine rings is 2. The summed E-state index contributed by atoms with van der Waals surface area (Å²) in [6.45, 7) is 0.628. The summed E-state index contributed by atoms with van der Waals surface area (Å²) < 4.78 is 0. The van der Waals surface area contributed by atoms with Crippen LogP contribution in [0.4, 0.5) is 5.82 Å². The maximum Gasteiger partial charge on any atom is 0.256 e. The lowest BCUT2D eigenvalue weighted by molar-refractivity contribution is 0.0954. The number of carbonyl (C=O) groups is 2. The standard InChI is InChI=1S/C27H22N6O3/c28-10-13-31-26(35)19-5-3-4-18(14-19)21-15-23(20-6-1-2-7-24(20)34)32-25(22(21)16-29)33-27(36)17-8-11-30-12-9-17/h1-9,11-12,14-15,34H,10,13,28H2,(H,31,35)(H,32,33,36). The van der Waals surface area contributed by atoms with Crippen molar-refractivity contribution in [3.05, 3.63) is 95.8 Å². The number of hydrogen-bond acceptors (Lipinski definition) is 7. The van der Waals surface area contributed by atoms with Crippen LogP contribution in [0.1, 0.15) is 26.3 Å². The zero-order valence-corrected chi connectivity index (χ0v) is 19.1. The fourth-order valence-corrected chi connectivity index (χ4v) is 3.60. The van der Waals surface area contributed by atoms with Gasteiger partial charge in [-0.15, -0.1) is 0 Å². The van der Waals surface area contributed by atoms with Crippen LogP contribution in [-0.2, 0) is 0 Å². The van der Waals surface area contributed by atoms with E-state index in [0.29, 0.717) is 46.6 Å². The first-order valence-electron chi connectivity index (χ1n) is 11.1. The van der Waals surface area contributed by atoms with Crippen LogP contribution in [0.3, 0.4) is 0 Å². The Bertz CT molecular complexity index is 1460. The molecule has 0 aliphatic carbocycles. The second-order valence-electron chi connectivity index (χ2n) is 7.72. The van der Waals surface area contributed by atoms with Crippen LogP contribution in [0, 0.1) is 11.3 Å². The first kappa shape index (κ1) is 24.1. The maximum absolute atomic E-state index is 12.9. The summed E-state index contributed by atoms with van der Waals surface area (Å²) in [5.41, 5.74) is 8.06. The first-order chi connectivity index (χ1) is 17.5. The summed E-state index contributed by atoms with van der Waals surface area (Å²) in [6.07, 6.45) is 2.97. The second-order valence-corrected chi connectivity index (χ2v) is 7.72. The van der Waals surface area contributed by atoms with Crippen LogP contribution < -0.4 is 16.4 Å². The smallest absolute Gasteiger partial charge is 0.256 e. The highest BCUT2D eigenvalue weighted by Gasteiger charge is 2.20. The van der Waals surface area contributed by atoms with Crippen molar-refractivity contribution in [2.75, 3.05) is 18.4 Å². The van der Waals surface area contributed by atoms with E-state index < -0.39 is 5.91 Å². The Morgan fingerprint density at radius 3 is 2.44 bits per heavy atom.